The predicted molar refractivity (Wildman–Crippen MR) is 112 cm³/mol. The third-order valence-corrected chi connectivity index (χ3v) is 4.96. The van der Waals surface area contributed by atoms with Gasteiger partial charge >= 0.3 is 0 Å². The third-order valence-electron chi connectivity index (χ3n) is 4.96. The van der Waals surface area contributed by atoms with Gasteiger partial charge < -0.3 is 24.8 Å². The number of aromatic nitrogens is 2. The average molecular weight is 399 g/mol. The van der Waals surface area contributed by atoms with E-state index in [-0.39, 0.29) is 11.8 Å². The molecule has 0 spiro atoms. The first-order chi connectivity index (χ1) is 14.0. The molecule has 8 nitrogen and oxygen atoms in total. The highest BCUT2D eigenvalue weighted by Gasteiger charge is 2.27. The smallest absolute Gasteiger partial charge is 0.287 e. The van der Waals surface area contributed by atoms with Crippen molar-refractivity contribution in [1.82, 2.24) is 19.8 Å². The Morgan fingerprint density at radius 2 is 2.00 bits per heavy atom. The van der Waals surface area contributed by atoms with Crippen molar-refractivity contribution in [1.29, 1.82) is 0 Å². The number of rotatable bonds is 8. The lowest BCUT2D eigenvalue weighted by molar-refractivity contribution is 0.0936. The Kier molecular flexibility index (Phi) is 6.87. The van der Waals surface area contributed by atoms with E-state index in [1.54, 1.807) is 19.2 Å². The van der Waals surface area contributed by atoms with Gasteiger partial charge in [-0.15, -0.1) is 0 Å². The van der Waals surface area contributed by atoms with Crippen molar-refractivity contribution in [2.45, 2.75) is 32.2 Å². The van der Waals surface area contributed by atoms with Crippen molar-refractivity contribution < 1.29 is 14.3 Å². The molecule has 1 aromatic heterocycles. The SMILES string of the molecule is COc1ccccc1NC(=O)c1nc(C(=O)NCCCN(C)C)n2c1CCCC2. The highest BCUT2D eigenvalue weighted by Crippen LogP contribution is 2.26. The molecule has 1 aromatic carbocycles. The van der Waals surface area contributed by atoms with Crippen molar-refractivity contribution >= 4 is 17.5 Å². The number of benzene rings is 1. The highest BCUT2D eigenvalue weighted by atomic mass is 16.5. The summed E-state index contributed by atoms with van der Waals surface area (Å²) in [6.07, 6.45) is 3.53. The minimum absolute atomic E-state index is 0.233. The van der Waals surface area contributed by atoms with Gasteiger partial charge in [-0.1, -0.05) is 12.1 Å². The van der Waals surface area contributed by atoms with Gasteiger partial charge in [-0.25, -0.2) is 4.98 Å². The second-order valence-corrected chi connectivity index (χ2v) is 7.41. The first kappa shape index (κ1) is 20.9. The Morgan fingerprint density at radius 1 is 1.21 bits per heavy atom. The zero-order valence-corrected chi connectivity index (χ0v) is 17.3. The number of amides is 2. The summed E-state index contributed by atoms with van der Waals surface area (Å²) in [5, 5.41) is 5.79. The molecule has 2 heterocycles. The van der Waals surface area contributed by atoms with Crippen LogP contribution in [0.5, 0.6) is 5.75 Å². The number of anilines is 1. The topological polar surface area (TPSA) is 88.5 Å². The first-order valence-electron chi connectivity index (χ1n) is 9.98. The van der Waals surface area contributed by atoms with Crippen LogP contribution in [0.25, 0.3) is 0 Å². The molecule has 2 aromatic rings. The van der Waals surface area contributed by atoms with Gasteiger partial charge in [-0.2, -0.15) is 0 Å². The van der Waals surface area contributed by atoms with Crippen LogP contribution in [-0.4, -0.2) is 60.6 Å². The van der Waals surface area contributed by atoms with E-state index in [4.69, 9.17) is 4.74 Å². The van der Waals surface area contributed by atoms with E-state index in [1.807, 2.05) is 30.8 Å². The van der Waals surface area contributed by atoms with Gasteiger partial charge in [0.05, 0.1) is 18.5 Å². The Balaban J connectivity index is 1.79. The van der Waals surface area contributed by atoms with Gasteiger partial charge in [0.15, 0.2) is 11.5 Å². The van der Waals surface area contributed by atoms with Crippen LogP contribution in [0.15, 0.2) is 24.3 Å². The van der Waals surface area contributed by atoms with E-state index in [1.165, 1.54) is 0 Å². The number of fused-ring (bicyclic) bond motifs is 1. The van der Waals surface area contributed by atoms with Crippen LogP contribution < -0.4 is 15.4 Å². The number of hydrogen-bond donors (Lipinski definition) is 2. The molecule has 156 valence electrons. The maximum absolute atomic E-state index is 12.9. The van der Waals surface area contributed by atoms with Gasteiger partial charge in [0.2, 0.25) is 0 Å². The number of imidazole rings is 1. The van der Waals surface area contributed by atoms with Crippen LogP contribution >= 0.6 is 0 Å². The van der Waals surface area contributed by atoms with Crippen molar-refractivity contribution in [2.75, 3.05) is 39.6 Å². The molecule has 2 N–H and O–H groups in total. The molecule has 0 unspecified atom stereocenters. The fraction of sp³-hybridized carbons (Fsp3) is 0.476. The molecule has 8 heteroatoms. The van der Waals surface area contributed by atoms with Crippen LogP contribution in [0.4, 0.5) is 5.69 Å². The average Bonchev–Trinajstić information content (AvgIpc) is 3.11. The lowest BCUT2D eigenvalue weighted by atomic mass is 10.1. The molecule has 0 aliphatic carbocycles. The molecule has 0 saturated heterocycles. The fourth-order valence-electron chi connectivity index (χ4n) is 3.50. The van der Waals surface area contributed by atoms with Crippen molar-refractivity contribution in [3.05, 3.63) is 41.5 Å². The summed E-state index contributed by atoms with van der Waals surface area (Å²) in [6.45, 7) is 2.17. The van der Waals surface area contributed by atoms with Crippen LogP contribution in [0.1, 0.15) is 46.1 Å². The van der Waals surface area contributed by atoms with E-state index >= 15 is 0 Å². The molecule has 0 saturated carbocycles. The number of nitrogens with zero attached hydrogens (tertiary/aromatic N) is 3. The van der Waals surface area contributed by atoms with Crippen LogP contribution in [0.2, 0.25) is 0 Å². The zero-order chi connectivity index (χ0) is 20.8. The molecule has 29 heavy (non-hydrogen) atoms. The molecule has 1 aliphatic heterocycles. The number of carbonyl (C=O) groups excluding carboxylic acids is 2. The molecule has 2 amide bonds. The third kappa shape index (κ3) is 4.95. The molecule has 0 bridgehead atoms. The van der Waals surface area contributed by atoms with Gasteiger partial charge in [-0.3, -0.25) is 9.59 Å². The minimum atomic E-state index is -0.327. The summed E-state index contributed by atoms with van der Waals surface area (Å²) in [5.41, 5.74) is 1.71. The zero-order valence-electron chi connectivity index (χ0n) is 17.3. The standard InChI is InChI=1S/C21H29N5O3/c1-25(2)13-8-12-22-21(28)19-24-18(16-10-6-7-14-26(16)19)20(27)23-15-9-4-5-11-17(15)29-3/h4-5,9,11H,6-8,10,12-14H2,1-3H3,(H,22,28)(H,23,27). The Morgan fingerprint density at radius 3 is 2.76 bits per heavy atom. The summed E-state index contributed by atoms with van der Waals surface area (Å²) in [7, 11) is 5.56. The second kappa shape index (κ2) is 9.56. The van der Waals surface area contributed by atoms with Gasteiger partial charge in [-0.05, 0) is 58.5 Å². The molecule has 0 radical (unpaired) electrons. The van der Waals surface area contributed by atoms with Gasteiger partial charge in [0.25, 0.3) is 11.8 Å². The molecule has 3 rings (SSSR count). The van der Waals surface area contributed by atoms with Crippen molar-refractivity contribution in [3.8, 4) is 5.75 Å². The number of carbonyl (C=O) groups is 2. The molecule has 1 aliphatic rings. The number of methoxy groups -OCH3 is 1. The number of ether oxygens (including phenoxy) is 1. The monoisotopic (exact) mass is 399 g/mol. The molecule has 0 atom stereocenters. The van der Waals surface area contributed by atoms with Crippen LogP contribution in [-0.2, 0) is 13.0 Å². The summed E-state index contributed by atoms with van der Waals surface area (Å²) < 4.78 is 7.19. The lowest BCUT2D eigenvalue weighted by Crippen LogP contribution is -2.30. The Labute approximate surface area is 171 Å². The van der Waals surface area contributed by atoms with Gasteiger partial charge in [0, 0.05) is 13.1 Å². The lowest BCUT2D eigenvalue weighted by Gasteiger charge is -2.17. The van der Waals surface area contributed by atoms with E-state index in [9.17, 15) is 9.59 Å². The number of hydrogen-bond acceptors (Lipinski definition) is 5. The largest absolute Gasteiger partial charge is 0.495 e. The molecular formula is C21H29N5O3. The van der Waals surface area contributed by atoms with Crippen molar-refractivity contribution in [3.63, 3.8) is 0 Å². The number of nitrogens with one attached hydrogen (secondary N) is 2. The minimum Gasteiger partial charge on any atom is -0.495 e. The summed E-state index contributed by atoms with van der Waals surface area (Å²) in [4.78, 5) is 32.2. The highest BCUT2D eigenvalue weighted by molar-refractivity contribution is 6.05. The number of para-hydroxylation sites is 2. The van der Waals surface area contributed by atoms with E-state index in [0.29, 0.717) is 36.0 Å². The molecule has 0 fully saturated rings. The molecular weight excluding hydrogens is 370 g/mol. The normalized spacial score (nSPS) is 13.1. The van der Waals surface area contributed by atoms with E-state index in [2.05, 4.69) is 20.5 Å². The maximum Gasteiger partial charge on any atom is 0.287 e. The quantitative estimate of drug-likeness (QED) is 0.664. The summed E-state index contributed by atoms with van der Waals surface area (Å²) in [5.74, 6) is 0.331. The first-order valence-corrected chi connectivity index (χ1v) is 9.98. The van der Waals surface area contributed by atoms with E-state index < -0.39 is 0 Å². The van der Waals surface area contributed by atoms with Crippen LogP contribution in [0.3, 0.4) is 0 Å². The van der Waals surface area contributed by atoms with E-state index in [0.717, 1.165) is 37.9 Å². The van der Waals surface area contributed by atoms with Crippen molar-refractivity contribution in [2.24, 2.45) is 0 Å². The second-order valence-electron chi connectivity index (χ2n) is 7.41. The predicted octanol–water partition coefficient (Wildman–Crippen LogP) is 2.16. The maximum atomic E-state index is 12.9. The fourth-order valence-corrected chi connectivity index (χ4v) is 3.50. The van der Waals surface area contributed by atoms with Crippen LogP contribution in [0, 0.1) is 0 Å². The summed E-state index contributed by atoms with van der Waals surface area (Å²) in [6, 6.07) is 7.22. The Bertz CT molecular complexity index is 875. The Hall–Kier alpha value is -2.87. The summed E-state index contributed by atoms with van der Waals surface area (Å²) >= 11 is 0. The van der Waals surface area contributed by atoms with Gasteiger partial charge in [0.1, 0.15) is 5.75 Å².